The van der Waals surface area contributed by atoms with Crippen molar-refractivity contribution < 1.29 is 4.74 Å². The van der Waals surface area contributed by atoms with E-state index in [0.29, 0.717) is 0 Å². The molecule has 2 heteroatoms. The van der Waals surface area contributed by atoms with E-state index in [1.807, 2.05) is 0 Å². The molecule has 0 bridgehead atoms. The van der Waals surface area contributed by atoms with Crippen molar-refractivity contribution in [2.24, 2.45) is 5.92 Å². The van der Waals surface area contributed by atoms with Crippen LogP contribution in [0.2, 0.25) is 0 Å². The second kappa shape index (κ2) is 4.69. The maximum Gasteiger partial charge on any atom is 0.0469 e. The molecular formula is C8H17NO. The quantitative estimate of drug-likeness (QED) is 0.637. The summed E-state index contributed by atoms with van der Waals surface area (Å²) in [4.78, 5) is 0. The average Bonchev–Trinajstić information content (AvgIpc) is 2.03. The predicted octanol–water partition coefficient (Wildman–Crippen LogP) is 1.02. The molecule has 1 rings (SSSR count). The SMILES string of the molecule is CCNCC1CCOCC1. The fourth-order valence-corrected chi connectivity index (χ4v) is 1.30. The zero-order valence-corrected chi connectivity index (χ0v) is 6.73. The van der Waals surface area contributed by atoms with E-state index < -0.39 is 0 Å². The number of hydrogen-bond acceptors (Lipinski definition) is 2. The smallest absolute Gasteiger partial charge is 0.0469 e. The van der Waals surface area contributed by atoms with Crippen LogP contribution in [0.15, 0.2) is 0 Å². The Labute approximate surface area is 63.0 Å². The Hall–Kier alpha value is -0.0800. The van der Waals surface area contributed by atoms with E-state index in [9.17, 15) is 0 Å². The van der Waals surface area contributed by atoms with Gasteiger partial charge in [-0.05, 0) is 31.8 Å². The minimum Gasteiger partial charge on any atom is -0.381 e. The Balaban J connectivity index is 2.02. The first-order valence-electron chi connectivity index (χ1n) is 4.22. The number of hydrogen-bond donors (Lipinski definition) is 1. The number of rotatable bonds is 3. The summed E-state index contributed by atoms with van der Waals surface area (Å²) in [5, 5.41) is 3.36. The lowest BCUT2D eigenvalue weighted by atomic mass is 10.0. The summed E-state index contributed by atoms with van der Waals surface area (Å²) in [5.41, 5.74) is 0. The first kappa shape index (κ1) is 8.02. The van der Waals surface area contributed by atoms with Gasteiger partial charge in [-0.15, -0.1) is 0 Å². The molecule has 60 valence electrons. The lowest BCUT2D eigenvalue weighted by Crippen LogP contribution is -2.27. The van der Waals surface area contributed by atoms with Crippen molar-refractivity contribution in [2.45, 2.75) is 19.8 Å². The molecular weight excluding hydrogens is 126 g/mol. The maximum absolute atomic E-state index is 5.25. The van der Waals surface area contributed by atoms with Crippen molar-refractivity contribution in [3.05, 3.63) is 0 Å². The van der Waals surface area contributed by atoms with Crippen LogP contribution in [-0.2, 0) is 4.74 Å². The van der Waals surface area contributed by atoms with Crippen LogP contribution in [0, 0.1) is 5.92 Å². The van der Waals surface area contributed by atoms with Gasteiger partial charge in [0.15, 0.2) is 0 Å². The summed E-state index contributed by atoms with van der Waals surface area (Å²) in [6.45, 7) is 6.36. The summed E-state index contributed by atoms with van der Waals surface area (Å²) in [7, 11) is 0. The van der Waals surface area contributed by atoms with Gasteiger partial charge in [-0.2, -0.15) is 0 Å². The third-order valence-corrected chi connectivity index (χ3v) is 2.02. The van der Waals surface area contributed by atoms with Crippen LogP contribution in [-0.4, -0.2) is 26.3 Å². The van der Waals surface area contributed by atoms with E-state index >= 15 is 0 Å². The summed E-state index contributed by atoms with van der Waals surface area (Å²) in [6.07, 6.45) is 2.49. The number of nitrogens with one attached hydrogen (secondary N) is 1. The van der Waals surface area contributed by atoms with Gasteiger partial charge >= 0.3 is 0 Å². The van der Waals surface area contributed by atoms with Gasteiger partial charge in [-0.3, -0.25) is 0 Å². The minimum absolute atomic E-state index is 0.869. The van der Waals surface area contributed by atoms with Gasteiger partial charge in [0, 0.05) is 13.2 Å². The normalized spacial score (nSPS) is 21.3. The molecule has 1 N–H and O–H groups in total. The second-order valence-corrected chi connectivity index (χ2v) is 2.86. The molecule has 1 heterocycles. The highest BCUT2D eigenvalue weighted by Gasteiger charge is 2.11. The minimum atomic E-state index is 0.869. The first-order valence-corrected chi connectivity index (χ1v) is 4.22. The van der Waals surface area contributed by atoms with Crippen LogP contribution in [0.3, 0.4) is 0 Å². The molecule has 1 aliphatic heterocycles. The van der Waals surface area contributed by atoms with Crippen LogP contribution in [0.4, 0.5) is 0 Å². The Kier molecular flexibility index (Phi) is 3.76. The third kappa shape index (κ3) is 2.67. The molecule has 2 nitrogen and oxygen atoms in total. The third-order valence-electron chi connectivity index (χ3n) is 2.02. The molecule has 0 spiro atoms. The Morgan fingerprint density at radius 3 is 2.70 bits per heavy atom. The van der Waals surface area contributed by atoms with Crippen molar-refractivity contribution in [1.82, 2.24) is 5.32 Å². The predicted molar refractivity (Wildman–Crippen MR) is 42.1 cm³/mol. The van der Waals surface area contributed by atoms with Crippen molar-refractivity contribution in [3.63, 3.8) is 0 Å². The van der Waals surface area contributed by atoms with Crippen LogP contribution < -0.4 is 5.32 Å². The zero-order valence-electron chi connectivity index (χ0n) is 6.73. The molecule has 0 amide bonds. The maximum atomic E-state index is 5.25. The van der Waals surface area contributed by atoms with Crippen LogP contribution in [0.25, 0.3) is 0 Å². The molecule has 0 radical (unpaired) electrons. The first-order chi connectivity index (χ1) is 4.93. The monoisotopic (exact) mass is 143 g/mol. The zero-order chi connectivity index (χ0) is 7.23. The van der Waals surface area contributed by atoms with Crippen LogP contribution >= 0.6 is 0 Å². The van der Waals surface area contributed by atoms with Gasteiger partial charge in [0.25, 0.3) is 0 Å². The van der Waals surface area contributed by atoms with Crippen LogP contribution in [0.1, 0.15) is 19.8 Å². The standard InChI is InChI=1S/C8H17NO/c1-2-9-7-8-3-5-10-6-4-8/h8-9H,2-7H2,1H3. The lowest BCUT2D eigenvalue weighted by Gasteiger charge is -2.21. The van der Waals surface area contributed by atoms with E-state index in [0.717, 1.165) is 25.7 Å². The van der Waals surface area contributed by atoms with Gasteiger partial charge in [0.05, 0.1) is 0 Å². The Bertz CT molecular complexity index is 79.3. The molecule has 0 saturated carbocycles. The highest BCUT2D eigenvalue weighted by Crippen LogP contribution is 2.12. The second-order valence-electron chi connectivity index (χ2n) is 2.86. The summed E-state index contributed by atoms with van der Waals surface area (Å²) < 4.78 is 5.25. The van der Waals surface area contributed by atoms with Crippen molar-refractivity contribution >= 4 is 0 Å². The molecule has 1 fully saturated rings. The molecule has 0 unspecified atom stereocenters. The van der Waals surface area contributed by atoms with Crippen molar-refractivity contribution in [2.75, 3.05) is 26.3 Å². The fraction of sp³-hybridized carbons (Fsp3) is 1.00. The van der Waals surface area contributed by atoms with Gasteiger partial charge in [0.1, 0.15) is 0 Å². The highest BCUT2D eigenvalue weighted by atomic mass is 16.5. The molecule has 1 saturated heterocycles. The van der Waals surface area contributed by atoms with Gasteiger partial charge < -0.3 is 10.1 Å². The molecule has 0 aliphatic carbocycles. The van der Waals surface area contributed by atoms with Crippen LogP contribution in [0.5, 0.6) is 0 Å². The topological polar surface area (TPSA) is 21.3 Å². The number of ether oxygens (including phenoxy) is 1. The van der Waals surface area contributed by atoms with E-state index in [4.69, 9.17) is 4.74 Å². The van der Waals surface area contributed by atoms with E-state index in [1.54, 1.807) is 0 Å². The molecule has 0 aromatic heterocycles. The molecule has 0 atom stereocenters. The Morgan fingerprint density at radius 1 is 1.40 bits per heavy atom. The lowest BCUT2D eigenvalue weighted by molar-refractivity contribution is 0.0665. The largest absolute Gasteiger partial charge is 0.381 e. The van der Waals surface area contributed by atoms with E-state index in [1.165, 1.54) is 19.4 Å². The summed E-state index contributed by atoms with van der Waals surface area (Å²) in [6, 6.07) is 0. The van der Waals surface area contributed by atoms with Gasteiger partial charge in [0.2, 0.25) is 0 Å². The van der Waals surface area contributed by atoms with E-state index in [2.05, 4.69) is 12.2 Å². The Morgan fingerprint density at radius 2 is 2.10 bits per heavy atom. The van der Waals surface area contributed by atoms with Crippen molar-refractivity contribution in [1.29, 1.82) is 0 Å². The molecule has 10 heavy (non-hydrogen) atoms. The summed E-state index contributed by atoms with van der Waals surface area (Å²) >= 11 is 0. The van der Waals surface area contributed by atoms with E-state index in [-0.39, 0.29) is 0 Å². The molecule has 0 aromatic carbocycles. The molecule has 0 aromatic rings. The summed E-state index contributed by atoms with van der Waals surface area (Å²) in [5.74, 6) is 0.869. The van der Waals surface area contributed by atoms with Crippen molar-refractivity contribution in [3.8, 4) is 0 Å². The van der Waals surface area contributed by atoms with Gasteiger partial charge in [-0.1, -0.05) is 6.92 Å². The highest BCUT2D eigenvalue weighted by molar-refractivity contribution is 4.64. The van der Waals surface area contributed by atoms with Gasteiger partial charge in [-0.25, -0.2) is 0 Å². The molecule has 1 aliphatic rings. The fourth-order valence-electron chi connectivity index (χ4n) is 1.30. The average molecular weight is 143 g/mol.